The fourth-order valence-electron chi connectivity index (χ4n) is 2.41. The van der Waals surface area contributed by atoms with Crippen LogP contribution in [-0.4, -0.2) is 17.0 Å². The molecular weight excluding hydrogens is 266 g/mol. The quantitative estimate of drug-likeness (QED) is 0.780. The highest BCUT2D eigenvalue weighted by Gasteiger charge is 2.14. The molecule has 1 N–H and O–H groups in total. The number of aryl methyl sites for hydroxylation is 1. The van der Waals surface area contributed by atoms with Crippen LogP contribution in [0, 0.1) is 6.92 Å². The number of hydrogen-bond donors (Lipinski definition) is 1. The lowest BCUT2D eigenvalue weighted by molar-refractivity contribution is 0.936. The molecule has 4 heteroatoms. The van der Waals surface area contributed by atoms with Gasteiger partial charge in [0.1, 0.15) is 11.6 Å². The molecule has 0 unspecified atom stereocenters. The van der Waals surface area contributed by atoms with Gasteiger partial charge in [-0.25, -0.2) is 9.97 Å². The number of rotatable bonds is 3. The van der Waals surface area contributed by atoms with Gasteiger partial charge < -0.3 is 5.32 Å². The minimum Gasteiger partial charge on any atom is -0.373 e. The van der Waals surface area contributed by atoms with Crippen LogP contribution < -0.4 is 5.32 Å². The van der Waals surface area contributed by atoms with Crippen molar-refractivity contribution >= 4 is 27.2 Å². The first kappa shape index (κ1) is 13.1. The van der Waals surface area contributed by atoms with Gasteiger partial charge in [0, 0.05) is 29.3 Å². The largest absolute Gasteiger partial charge is 0.373 e. The third-order valence-electron chi connectivity index (χ3n) is 3.48. The molecule has 0 bridgehead atoms. The van der Waals surface area contributed by atoms with E-state index in [1.807, 2.05) is 7.05 Å². The number of nitrogens with one attached hydrogen (secondary N) is 1. The molecular formula is C16H17N3S. The first-order chi connectivity index (χ1) is 9.74. The molecule has 1 aromatic carbocycles. The van der Waals surface area contributed by atoms with Crippen molar-refractivity contribution in [2.24, 2.45) is 0 Å². The Bertz CT molecular complexity index is 762. The Morgan fingerprint density at radius 2 is 2.05 bits per heavy atom. The van der Waals surface area contributed by atoms with Gasteiger partial charge in [-0.3, -0.25) is 0 Å². The number of thiophene rings is 1. The van der Waals surface area contributed by atoms with Crippen LogP contribution in [0.15, 0.2) is 29.6 Å². The lowest BCUT2D eigenvalue weighted by Crippen LogP contribution is -2.04. The van der Waals surface area contributed by atoms with E-state index in [-0.39, 0.29) is 0 Å². The van der Waals surface area contributed by atoms with Gasteiger partial charge in [-0.15, -0.1) is 11.3 Å². The van der Waals surface area contributed by atoms with Crippen LogP contribution in [0.1, 0.15) is 18.3 Å². The van der Waals surface area contributed by atoms with Crippen molar-refractivity contribution in [3.63, 3.8) is 0 Å². The van der Waals surface area contributed by atoms with Crippen LogP contribution in [0.2, 0.25) is 0 Å². The summed E-state index contributed by atoms with van der Waals surface area (Å²) in [6.07, 6.45) is 0.836. The summed E-state index contributed by atoms with van der Waals surface area (Å²) in [5.74, 6) is 1.80. The van der Waals surface area contributed by atoms with Gasteiger partial charge in [0.2, 0.25) is 0 Å². The Balaban J connectivity index is 2.30. The molecule has 0 spiro atoms. The standard InChI is InChI=1S/C16H17N3S/c1-4-13-18-14(10(2)16(17-3)19-13)12-7-5-6-11-8-9-20-15(11)12/h5-9H,4H2,1-3H3,(H,17,18,19). The van der Waals surface area contributed by atoms with Gasteiger partial charge >= 0.3 is 0 Å². The minimum atomic E-state index is 0.836. The van der Waals surface area contributed by atoms with E-state index in [0.29, 0.717) is 0 Å². The molecule has 0 aliphatic carbocycles. The Morgan fingerprint density at radius 3 is 2.80 bits per heavy atom. The van der Waals surface area contributed by atoms with Gasteiger partial charge in [0.25, 0.3) is 0 Å². The number of nitrogens with zero attached hydrogens (tertiary/aromatic N) is 2. The van der Waals surface area contributed by atoms with Crippen LogP contribution in [0.25, 0.3) is 21.3 Å². The molecule has 0 saturated heterocycles. The summed E-state index contributed by atoms with van der Waals surface area (Å²) < 4.78 is 1.29. The molecule has 0 aliphatic rings. The van der Waals surface area contributed by atoms with Crippen LogP contribution >= 0.6 is 11.3 Å². The van der Waals surface area contributed by atoms with E-state index >= 15 is 0 Å². The summed E-state index contributed by atoms with van der Waals surface area (Å²) in [6, 6.07) is 8.54. The summed E-state index contributed by atoms with van der Waals surface area (Å²) in [4.78, 5) is 9.30. The topological polar surface area (TPSA) is 37.8 Å². The summed E-state index contributed by atoms with van der Waals surface area (Å²) in [5, 5.41) is 6.58. The average Bonchev–Trinajstić information content (AvgIpc) is 2.96. The predicted molar refractivity (Wildman–Crippen MR) is 86.5 cm³/mol. The SMILES string of the molecule is CCc1nc(NC)c(C)c(-c2cccc3ccsc23)n1. The van der Waals surface area contributed by atoms with E-state index in [9.17, 15) is 0 Å². The number of benzene rings is 1. The number of hydrogen-bond acceptors (Lipinski definition) is 4. The monoisotopic (exact) mass is 283 g/mol. The second-order valence-corrected chi connectivity index (χ2v) is 5.63. The molecule has 0 fully saturated rings. The Morgan fingerprint density at radius 1 is 1.20 bits per heavy atom. The second kappa shape index (κ2) is 5.21. The maximum absolute atomic E-state index is 4.75. The summed E-state index contributed by atoms with van der Waals surface area (Å²) in [6.45, 7) is 4.16. The van der Waals surface area contributed by atoms with Gasteiger partial charge in [0.15, 0.2) is 0 Å². The molecule has 0 aliphatic heterocycles. The zero-order valence-electron chi connectivity index (χ0n) is 11.9. The Hall–Kier alpha value is -1.94. The highest BCUT2D eigenvalue weighted by molar-refractivity contribution is 7.17. The van der Waals surface area contributed by atoms with E-state index in [0.717, 1.165) is 29.3 Å². The zero-order chi connectivity index (χ0) is 14.1. The maximum Gasteiger partial charge on any atom is 0.132 e. The van der Waals surface area contributed by atoms with Crippen LogP contribution in [0.5, 0.6) is 0 Å². The molecule has 0 amide bonds. The molecule has 0 radical (unpaired) electrons. The highest BCUT2D eigenvalue weighted by Crippen LogP contribution is 2.34. The number of anilines is 1. The first-order valence-electron chi connectivity index (χ1n) is 6.76. The summed E-state index contributed by atoms with van der Waals surface area (Å²) >= 11 is 1.76. The fraction of sp³-hybridized carbons (Fsp3) is 0.250. The third kappa shape index (κ3) is 2.06. The molecule has 2 aromatic heterocycles. The lowest BCUT2D eigenvalue weighted by atomic mass is 10.1. The minimum absolute atomic E-state index is 0.836. The number of aromatic nitrogens is 2. The molecule has 102 valence electrons. The van der Waals surface area contributed by atoms with E-state index in [1.165, 1.54) is 15.6 Å². The molecule has 3 rings (SSSR count). The maximum atomic E-state index is 4.75. The lowest BCUT2D eigenvalue weighted by Gasteiger charge is -2.12. The summed E-state index contributed by atoms with van der Waals surface area (Å²) in [7, 11) is 1.91. The van der Waals surface area contributed by atoms with Crippen molar-refractivity contribution in [1.82, 2.24) is 9.97 Å². The van der Waals surface area contributed by atoms with E-state index in [2.05, 4.69) is 53.8 Å². The van der Waals surface area contributed by atoms with Crippen LogP contribution in [0.4, 0.5) is 5.82 Å². The van der Waals surface area contributed by atoms with Crippen molar-refractivity contribution in [1.29, 1.82) is 0 Å². The Kier molecular flexibility index (Phi) is 3.40. The van der Waals surface area contributed by atoms with Gasteiger partial charge in [0.05, 0.1) is 5.69 Å². The fourth-order valence-corrected chi connectivity index (χ4v) is 3.32. The molecule has 20 heavy (non-hydrogen) atoms. The van der Waals surface area contributed by atoms with Gasteiger partial charge in [-0.1, -0.05) is 25.1 Å². The van der Waals surface area contributed by atoms with Crippen molar-refractivity contribution < 1.29 is 0 Å². The van der Waals surface area contributed by atoms with Crippen LogP contribution in [0.3, 0.4) is 0 Å². The average molecular weight is 283 g/mol. The van der Waals surface area contributed by atoms with Crippen molar-refractivity contribution in [3.8, 4) is 11.3 Å². The van der Waals surface area contributed by atoms with E-state index in [1.54, 1.807) is 11.3 Å². The smallest absolute Gasteiger partial charge is 0.132 e. The molecule has 3 nitrogen and oxygen atoms in total. The van der Waals surface area contributed by atoms with E-state index in [4.69, 9.17) is 4.98 Å². The summed E-state index contributed by atoms with van der Waals surface area (Å²) in [5.41, 5.74) is 3.34. The third-order valence-corrected chi connectivity index (χ3v) is 4.44. The van der Waals surface area contributed by atoms with Crippen molar-refractivity contribution in [2.75, 3.05) is 12.4 Å². The normalized spacial score (nSPS) is 10.9. The van der Waals surface area contributed by atoms with Crippen molar-refractivity contribution in [2.45, 2.75) is 20.3 Å². The van der Waals surface area contributed by atoms with Crippen molar-refractivity contribution in [3.05, 3.63) is 41.0 Å². The van der Waals surface area contributed by atoms with Gasteiger partial charge in [-0.05, 0) is 23.8 Å². The molecule has 2 heterocycles. The highest BCUT2D eigenvalue weighted by atomic mass is 32.1. The van der Waals surface area contributed by atoms with Gasteiger partial charge in [-0.2, -0.15) is 0 Å². The van der Waals surface area contributed by atoms with E-state index < -0.39 is 0 Å². The molecule has 3 aromatic rings. The molecule has 0 atom stereocenters. The van der Waals surface area contributed by atoms with Crippen LogP contribution in [-0.2, 0) is 6.42 Å². The predicted octanol–water partition coefficient (Wildman–Crippen LogP) is 4.27. The zero-order valence-corrected chi connectivity index (χ0v) is 12.7. The Labute approximate surface area is 122 Å². The molecule has 0 saturated carbocycles. The number of fused-ring (bicyclic) bond motifs is 1. The second-order valence-electron chi connectivity index (χ2n) is 4.71. The first-order valence-corrected chi connectivity index (χ1v) is 7.64.